The molecule has 35 heavy (non-hydrogen) atoms. The molecule has 0 spiro atoms. The summed E-state index contributed by atoms with van der Waals surface area (Å²) in [6, 6.07) is 20.1. The number of carbonyl (C=O) groups is 3. The molecule has 0 radical (unpaired) electrons. The fraction of sp³-hybridized carbons (Fsp3) is 0.192. The van der Waals surface area contributed by atoms with Gasteiger partial charge in [-0.1, -0.05) is 60.1 Å². The molecule has 180 valence electrons. The lowest BCUT2D eigenvalue weighted by molar-refractivity contribution is -0.125. The summed E-state index contributed by atoms with van der Waals surface area (Å²) in [7, 11) is 1.34. The molecule has 8 nitrogen and oxygen atoms in total. The molecule has 0 aromatic heterocycles. The Morgan fingerprint density at radius 2 is 1.63 bits per heavy atom. The molecule has 3 N–H and O–H groups in total. The van der Waals surface area contributed by atoms with Gasteiger partial charge in [0.1, 0.15) is 6.61 Å². The molecule has 1 aliphatic rings. The van der Waals surface area contributed by atoms with Crippen molar-refractivity contribution in [1.82, 2.24) is 5.32 Å². The van der Waals surface area contributed by atoms with Crippen molar-refractivity contribution in [2.24, 2.45) is 0 Å². The number of aromatic carboxylic acids is 1. The second-order valence-corrected chi connectivity index (χ2v) is 8.33. The number of halogens is 1. The van der Waals surface area contributed by atoms with E-state index in [1.54, 1.807) is 0 Å². The minimum atomic E-state index is -1.17. The Bertz CT molecular complexity index is 1230. The number of hydrogen-bond acceptors (Lipinski definition) is 5. The molecule has 1 atom stereocenters. The second-order valence-electron chi connectivity index (χ2n) is 7.92. The van der Waals surface area contributed by atoms with Crippen molar-refractivity contribution in [3.05, 3.63) is 88.4 Å². The first-order chi connectivity index (χ1) is 16.9. The molecule has 1 aliphatic carbocycles. The van der Waals surface area contributed by atoms with Crippen LogP contribution in [0.5, 0.6) is 0 Å². The third-order valence-electron chi connectivity index (χ3n) is 5.82. The maximum atomic E-state index is 12.5. The van der Waals surface area contributed by atoms with Crippen LogP contribution >= 0.6 is 11.6 Å². The van der Waals surface area contributed by atoms with E-state index in [9.17, 15) is 14.4 Å². The van der Waals surface area contributed by atoms with E-state index in [1.165, 1.54) is 25.3 Å². The number of anilines is 1. The summed E-state index contributed by atoms with van der Waals surface area (Å²) in [5, 5.41) is 14.2. The molecule has 4 rings (SSSR count). The Morgan fingerprint density at radius 3 is 2.20 bits per heavy atom. The van der Waals surface area contributed by atoms with E-state index in [1.807, 2.05) is 36.4 Å². The summed E-state index contributed by atoms with van der Waals surface area (Å²) in [5.74, 6) is -1.78. The van der Waals surface area contributed by atoms with Gasteiger partial charge in [-0.2, -0.15) is 0 Å². The number of amides is 2. The molecule has 0 aliphatic heterocycles. The van der Waals surface area contributed by atoms with Gasteiger partial charge in [-0.15, -0.1) is 0 Å². The zero-order valence-corrected chi connectivity index (χ0v) is 19.5. The van der Waals surface area contributed by atoms with Gasteiger partial charge in [0, 0.05) is 18.7 Å². The molecule has 3 aromatic carbocycles. The number of nitrogens with one attached hydrogen (secondary N) is 2. The predicted octanol–water partition coefficient (Wildman–Crippen LogP) is 4.53. The standard InChI is InChI=1S/C26H23ClN2O6/c1-34-23(24(30)29-15-10-11-20(25(31)32)22(27)12-15)13-28-26(33)35-14-21-18-8-4-2-6-16(18)17-7-3-5-9-19(17)21/h2-12,21,23H,13-14H2,1H3,(H,28,33)(H,29,30)(H,31,32). The molecule has 0 saturated heterocycles. The molecule has 2 amide bonds. The van der Waals surface area contributed by atoms with Crippen LogP contribution in [0.25, 0.3) is 11.1 Å². The number of hydrogen-bond donors (Lipinski definition) is 3. The Labute approximate surface area is 206 Å². The zero-order valence-electron chi connectivity index (χ0n) is 18.8. The fourth-order valence-corrected chi connectivity index (χ4v) is 4.36. The van der Waals surface area contributed by atoms with Crippen molar-refractivity contribution < 1.29 is 29.0 Å². The second kappa shape index (κ2) is 10.6. The van der Waals surface area contributed by atoms with Crippen molar-refractivity contribution in [1.29, 1.82) is 0 Å². The van der Waals surface area contributed by atoms with Gasteiger partial charge in [-0.3, -0.25) is 4.79 Å². The van der Waals surface area contributed by atoms with Gasteiger partial charge < -0.3 is 25.2 Å². The van der Waals surface area contributed by atoms with Gasteiger partial charge in [0.05, 0.1) is 17.1 Å². The van der Waals surface area contributed by atoms with Crippen molar-refractivity contribution in [3.63, 3.8) is 0 Å². The van der Waals surface area contributed by atoms with Crippen LogP contribution in [-0.2, 0) is 14.3 Å². The topological polar surface area (TPSA) is 114 Å². The van der Waals surface area contributed by atoms with E-state index in [4.69, 9.17) is 26.2 Å². The number of fused-ring (bicyclic) bond motifs is 3. The van der Waals surface area contributed by atoms with Gasteiger partial charge in [-0.05, 0) is 40.5 Å². The van der Waals surface area contributed by atoms with Crippen LogP contribution in [0.1, 0.15) is 27.4 Å². The Morgan fingerprint density at radius 1 is 1.00 bits per heavy atom. The van der Waals surface area contributed by atoms with Gasteiger partial charge in [0.2, 0.25) is 0 Å². The summed E-state index contributed by atoms with van der Waals surface area (Å²) in [4.78, 5) is 36.0. The molecule has 3 aromatic rings. The zero-order chi connectivity index (χ0) is 24.9. The number of alkyl carbamates (subject to hydrolysis) is 1. The third kappa shape index (κ3) is 5.29. The third-order valence-corrected chi connectivity index (χ3v) is 6.13. The smallest absolute Gasteiger partial charge is 0.407 e. The van der Waals surface area contributed by atoms with Crippen LogP contribution in [-0.4, -0.2) is 49.4 Å². The minimum Gasteiger partial charge on any atom is -0.478 e. The summed E-state index contributed by atoms with van der Waals surface area (Å²) in [6.45, 7) is 0.0259. The molecule has 0 saturated carbocycles. The highest BCUT2D eigenvalue weighted by Crippen LogP contribution is 2.44. The molecule has 0 fully saturated rings. The van der Waals surface area contributed by atoms with Crippen LogP contribution in [0, 0.1) is 0 Å². The largest absolute Gasteiger partial charge is 0.478 e. The summed E-state index contributed by atoms with van der Waals surface area (Å²) < 4.78 is 10.7. The Balaban J connectivity index is 1.32. The maximum absolute atomic E-state index is 12.5. The monoisotopic (exact) mass is 494 g/mol. The average molecular weight is 495 g/mol. The number of carboxylic acids is 1. The van der Waals surface area contributed by atoms with Gasteiger partial charge in [0.15, 0.2) is 6.10 Å². The number of carboxylic acid groups (broad SMARTS) is 1. The lowest BCUT2D eigenvalue weighted by atomic mass is 9.98. The number of rotatable bonds is 8. The van der Waals surface area contributed by atoms with Gasteiger partial charge in [0.25, 0.3) is 5.91 Å². The average Bonchev–Trinajstić information content (AvgIpc) is 3.16. The normalized spacial score (nSPS) is 12.9. The number of benzene rings is 3. The first-order valence-corrected chi connectivity index (χ1v) is 11.2. The Hall–Kier alpha value is -3.88. The quantitative estimate of drug-likeness (QED) is 0.424. The lowest BCUT2D eigenvalue weighted by Gasteiger charge is -2.18. The van der Waals surface area contributed by atoms with Gasteiger partial charge >= 0.3 is 12.1 Å². The van der Waals surface area contributed by atoms with Gasteiger partial charge in [-0.25, -0.2) is 9.59 Å². The minimum absolute atomic E-state index is 0.0129. The van der Waals surface area contributed by atoms with E-state index in [0.717, 1.165) is 22.3 Å². The Kier molecular flexibility index (Phi) is 7.33. The van der Waals surface area contributed by atoms with E-state index >= 15 is 0 Å². The van der Waals surface area contributed by atoms with Crippen molar-refractivity contribution >= 4 is 35.3 Å². The number of methoxy groups -OCH3 is 1. The molecule has 0 bridgehead atoms. The van der Waals surface area contributed by atoms with E-state index < -0.39 is 24.1 Å². The van der Waals surface area contributed by atoms with Crippen molar-refractivity contribution in [2.75, 3.05) is 25.6 Å². The predicted molar refractivity (Wildman–Crippen MR) is 131 cm³/mol. The van der Waals surface area contributed by atoms with E-state index in [0.29, 0.717) is 5.69 Å². The molecule has 9 heteroatoms. The SMILES string of the molecule is COC(CNC(=O)OCC1c2ccccc2-c2ccccc21)C(=O)Nc1ccc(C(=O)O)c(Cl)c1. The maximum Gasteiger partial charge on any atom is 0.407 e. The van der Waals surface area contributed by atoms with E-state index in [2.05, 4.69) is 22.8 Å². The first-order valence-electron chi connectivity index (χ1n) is 10.8. The number of ether oxygens (including phenoxy) is 2. The van der Waals surface area contributed by atoms with E-state index in [-0.39, 0.29) is 29.7 Å². The van der Waals surface area contributed by atoms with Crippen LogP contribution in [0.3, 0.4) is 0 Å². The number of carbonyl (C=O) groups excluding carboxylic acids is 2. The van der Waals surface area contributed by atoms with Crippen LogP contribution in [0.15, 0.2) is 66.7 Å². The summed E-state index contributed by atoms with van der Waals surface area (Å²) in [5.41, 5.74) is 4.68. The highest BCUT2D eigenvalue weighted by atomic mass is 35.5. The molecular weight excluding hydrogens is 472 g/mol. The molecule has 0 heterocycles. The highest BCUT2D eigenvalue weighted by Gasteiger charge is 2.29. The van der Waals surface area contributed by atoms with Crippen LogP contribution in [0.4, 0.5) is 10.5 Å². The molecule has 1 unspecified atom stereocenters. The lowest BCUT2D eigenvalue weighted by Crippen LogP contribution is -2.41. The summed E-state index contributed by atoms with van der Waals surface area (Å²) in [6.07, 6.45) is -1.68. The highest BCUT2D eigenvalue weighted by molar-refractivity contribution is 6.33. The first kappa shape index (κ1) is 24.3. The summed E-state index contributed by atoms with van der Waals surface area (Å²) >= 11 is 5.94. The molecular formula is C26H23ClN2O6. The van der Waals surface area contributed by atoms with Crippen LogP contribution in [0.2, 0.25) is 5.02 Å². The van der Waals surface area contributed by atoms with Crippen molar-refractivity contribution in [3.8, 4) is 11.1 Å². The van der Waals surface area contributed by atoms with Crippen molar-refractivity contribution in [2.45, 2.75) is 12.0 Å². The fourth-order valence-electron chi connectivity index (χ4n) is 4.10. The van der Waals surface area contributed by atoms with Crippen LogP contribution < -0.4 is 10.6 Å².